The summed E-state index contributed by atoms with van der Waals surface area (Å²) in [7, 11) is 0. The number of aromatic hydroxyl groups is 1. The second-order valence-corrected chi connectivity index (χ2v) is 16.9. The van der Waals surface area contributed by atoms with E-state index in [1.807, 2.05) is 24.8 Å². The number of hydrogen-bond acceptors (Lipinski definition) is 11. The fraction of sp³-hybridized carbons (Fsp3) is 0.600. The van der Waals surface area contributed by atoms with E-state index in [0.717, 1.165) is 75.9 Å². The van der Waals surface area contributed by atoms with Crippen LogP contribution in [0, 0.1) is 0 Å². The van der Waals surface area contributed by atoms with Crippen LogP contribution in [0.3, 0.4) is 0 Å². The van der Waals surface area contributed by atoms with Crippen LogP contribution in [0.25, 0.3) is 0 Å². The van der Waals surface area contributed by atoms with Crippen molar-refractivity contribution in [2.75, 3.05) is 77.6 Å². The lowest BCUT2D eigenvalue weighted by molar-refractivity contribution is -0.135. The van der Waals surface area contributed by atoms with E-state index < -0.39 is 0 Å². The number of hydrogen-bond donors (Lipinski definition) is 3. The normalized spacial score (nSPS) is 18.4. The summed E-state index contributed by atoms with van der Waals surface area (Å²) in [6.07, 6.45) is 9.16. The van der Waals surface area contributed by atoms with Crippen LogP contribution in [0.2, 0.25) is 0 Å². The first-order chi connectivity index (χ1) is 28.7. The first-order valence-electron chi connectivity index (χ1n) is 21.7. The zero-order valence-corrected chi connectivity index (χ0v) is 34.8. The highest BCUT2D eigenvalue weighted by molar-refractivity contribution is 5.97. The number of carbonyl (C=O) groups is 3. The van der Waals surface area contributed by atoms with Crippen LogP contribution in [0.5, 0.6) is 11.5 Å². The van der Waals surface area contributed by atoms with Gasteiger partial charge in [-0.3, -0.25) is 19.3 Å². The molecule has 3 amide bonds. The van der Waals surface area contributed by atoms with Crippen molar-refractivity contribution in [3.63, 3.8) is 0 Å². The van der Waals surface area contributed by atoms with Crippen molar-refractivity contribution in [3.05, 3.63) is 70.6 Å². The molecule has 0 radical (unpaired) electrons. The van der Waals surface area contributed by atoms with Gasteiger partial charge in [0.05, 0.1) is 38.4 Å². The Hall–Kier alpha value is -4.50. The maximum Gasteiger partial charge on any atom is 0.276 e. The van der Waals surface area contributed by atoms with E-state index in [1.54, 1.807) is 12.1 Å². The van der Waals surface area contributed by atoms with E-state index in [9.17, 15) is 19.5 Å². The molecule has 1 aliphatic carbocycles. The summed E-state index contributed by atoms with van der Waals surface area (Å²) in [5.41, 5.74) is 3.78. The quantitative estimate of drug-likeness (QED) is 0.120. The van der Waals surface area contributed by atoms with E-state index in [2.05, 4.69) is 49.9 Å². The average molecular weight is 815 g/mol. The fourth-order valence-electron chi connectivity index (χ4n) is 8.86. The Balaban J connectivity index is 0.810. The largest absolute Gasteiger partial charge is 0.506 e. The van der Waals surface area contributed by atoms with E-state index in [0.29, 0.717) is 82.5 Å². The first kappa shape index (κ1) is 42.6. The molecule has 0 unspecified atom stereocenters. The van der Waals surface area contributed by atoms with Gasteiger partial charge >= 0.3 is 0 Å². The first-order valence-corrected chi connectivity index (χ1v) is 21.7. The van der Waals surface area contributed by atoms with Crippen LogP contribution in [-0.4, -0.2) is 127 Å². The second-order valence-electron chi connectivity index (χ2n) is 16.9. The number of carbonyl (C=O) groups excluding carboxylic acids is 3. The van der Waals surface area contributed by atoms with Gasteiger partial charge in [0.2, 0.25) is 5.91 Å². The van der Waals surface area contributed by atoms with Gasteiger partial charge in [0, 0.05) is 57.3 Å². The summed E-state index contributed by atoms with van der Waals surface area (Å²) in [6, 6.07) is 14.1. The van der Waals surface area contributed by atoms with Crippen LogP contribution in [0.15, 0.2) is 47.0 Å². The molecule has 7 rings (SSSR count). The Morgan fingerprint density at radius 3 is 2.64 bits per heavy atom. The molecule has 1 spiro atoms. The van der Waals surface area contributed by atoms with Crippen molar-refractivity contribution in [1.82, 2.24) is 25.2 Å². The maximum atomic E-state index is 13.5. The molecule has 0 atom stereocenters. The van der Waals surface area contributed by atoms with Crippen LogP contribution in [-0.2, 0) is 38.4 Å². The van der Waals surface area contributed by atoms with Gasteiger partial charge in [0.1, 0.15) is 17.2 Å². The van der Waals surface area contributed by atoms with Gasteiger partial charge in [-0.15, -0.1) is 0 Å². The van der Waals surface area contributed by atoms with Gasteiger partial charge in [0.15, 0.2) is 18.1 Å². The smallest absolute Gasteiger partial charge is 0.276 e. The fourth-order valence-corrected chi connectivity index (χ4v) is 8.86. The number of likely N-dealkylation sites (tertiary alicyclic amines) is 1. The zero-order valence-electron chi connectivity index (χ0n) is 34.8. The summed E-state index contributed by atoms with van der Waals surface area (Å²) >= 11 is 0. The highest BCUT2D eigenvalue weighted by Crippen LogP contribution is 2.39. The molecule has 2 saturated heterocycles. The Bertz CT molecular complexity index is 1890. The van der Waals surface area contributed by atoms with Gasteiger partial charge in [-0.2, -0.15) is 0 Å². The van der Waals surface area contributed by atoms with Crippen LogP contribution >= 0.6 is 0 Å². The number of phenolic OH excluding ortho intramolecular Hbond substituents is 1. The second kappa shape index (κ2) is 20.2. The number of aromatic nitrogens is 1. The molecule has 0 bridgehead atoms. The minimum atomic E-state index is -0.325. The van der Waals surface area contributed by atoms with Crippen molar-refractivity contribution >= 4 is 23.4 Å². The third-order valence-electron chi connectivity index (χ3n) is 12.3. The molecule has 3 fully saturated rings. The number of phenols is 1. The summed E-state index contributed by atoms with van der Waals surface area (Å²) in [5.74, 6) is 1.20. The predicted molar refractivity (Wildman–Crippen MR) is 223 cm³/mol. The van der Waals surface area contributed by atoms with E-state index in [4.69, 9.17) is 18.7 Å². The molecule has 4 aliphatic rings. The van der Waals surface area contributed by atoms with E-state index in [1.165, 1.54) is 17.5 Å². The maximum absolute atomic E-state index is 13.5. The van der Waals surface area contributed by atoms with Gasteiger partial charge in [-0.05, 0) is 67.8 Å². The lowest BCUT2D eigenvalue weighted by atomic mass is 9.89. The molecule has 1 saturated carbocycles. The zero-order chi connectivity index (χ0) is 41.2. The molecular formula is C45H62N6O8. The van der Waals surface area contributed by atoms with Crippen LogP contribution in [0.1, 0.15) is 104 Å². The molecule has 14 nitrogen and oxygen atoms in total. The number of anilines is 1. The van der Waals surface area contributed by atoms with Gasteiger partial charge in [0.25, 0.3) is 11.8 Å². The SMILES string of the molecule is CC(C)c1cc(C(=O)N2CCOC3(CCN(Cc4cccc(CCOCCC(=O)N(CCNCCc5ccc(O)c6c5OCC(=O)N6)C5CCCCC5)c4)CC3)C2)no1. The number of nitrogens with zero attached hydrogens (tertiary/aromatic N) is 4. The van der Waals surface area contributed by atoms with Gasteiger partial charge in [-0.25, -0.2) is 0 Å². The molecular weight excluding hydrogens is 753 g/mol. The lowest BCUT2D eigenvalue weighted by Gasteiger charge is -2.47. The molecule has 14 heteroatoms. The number of ether oxygens (including phenoxy) is 3. The van der Waals surface area contributed by atoms with Crippen molar-refractivity contribution in [1.29, 1.82) is 0 Å². The van der Waals surface area contributed by atoms with Crippen molar-refractivity contribution in [3.8, 4) is 11.5 Å². The molecule has 3 N–H and O–H groups in total. The number of amides is 3. The Morgan fingerprint density at radius 1 is 1.03 bits per heavy atom. The van der Waals surface area contributed by atoms with Crippen molar-refractivity contribution in [2.45, 2.75) is 102 Å². The monoisotopic (exact) mass is 814 g/mol. The molecule has 2 aromatic carbocycles. The highest BCUT2D eigenvalue weighted by Gasteiger charge is 2.41. The number of morpholine rings is 1. The molecule has 59 heavy (non-hydrogen) atoms. The van der Waals surface area contributed by atoms with Gasteiger partial charge < -0.3 is 44.3 Å². The average Bonchev–Trinajstić information content (AvgIpc) is 3.75. The standard InChI is InChI=1S/C45H62N6O8/c1-32(2)39-28-37(48-59-39)44(55)50-23-26-58-45(31-50)16-20-49(21-17-45)29-34-8-6-7-33(27-34)14-24-56-25-15-41(54)51(36-9-4-3-5-10-36)22-19-46-18-13-35-11-12-38(52)42-43(35)57-30-40(53)47-42/h6-8,11-12,27-28,32,36,46,52H,3-5,9-10,13-26,29-31H2,1-2H3,(H,47,53). The minimum absolute atomic E-state index is 0.00615. The molecule has 3 aliphatic heterocycles. The van der Waals surface area contributed by atoms with Crippen LogP contribution < -0.4 is 15.4 Å². The summed E-state index contributed by atoms with van der Waals surface area (Å²) in [4.78, 5) is 45.0. The number of benzene rings is 2. The Labute approximate surface area is 347 Å². The molecule has 4 heterocycles. The van der Waals surface area contributed by atoms with Crippen LogP contribution in [0.4, 0.5) is 5.69 Å². The molecule has 3 aromatic rings. The van der Waals surface area contributed by atoms with Gasteiger partial charge in [-0.1, -0.05) is 68.6 Å². The number of nitrogens with one attached hydrogen (secondary N) is 2. The van der Waals surface area contributed by atoms with Crippen molar-refractivity contribution < 1.29 is 38.2 Å². The third-order valence-corrected chi connectivity index (χ3v) is 12.3. The number of fused-ring (bicyclic) bond motifs is 1. The summed E-state index contributed by atoms with van der Waals surface area (Å²) < 4.78 is 23.4. The third kappa shape index (κ3) is 11.2. The highest BCUT2D eigenvalue weighted by atomic mass is 16.5. The van der Waals surface area contributed by atoms with Crippen molar-refractivity contribution in [2.24, 2.45) is 0 Å². The predicted octanol–water partition coefficient (Wildman–Crippen LogP) is 5.28. The van der Waals surface area contributed by atoms with E-state index in [-0.39, 0.29) is 47.6 Å². The minimum Gasteiger partial charge on any atom is -0.506 e. The Morgan fingerprint density at radius 2 is 1.85 bits per heavy atom. The Kier molecular flexibility index (Phi) is 14.6. The summed E-state index contributed by atoms with van der Waals surface area (Å²) in [5, 5.41) is 20.4. The number of piperidine rings is 1. The molecule has 320 valence electrons. The molecule has 1 aromatic heterocycles. The summed E-state index contributed by atoms with van der Waals surface area (Å²) in [6.45, 7) is 11.2. The number of rotatable bonds is 17. The van der Waals surface area contributed by atoms with E-state index >= 15 is 0 Å². The topological polar surface area (TPSA) is 159 Å². The lowest BCUT2D eigenvalue weighted by Crippen LogP contribution is -2.58.